The summed E-state index contributed by atoms with van der Waals surface area (Å²) in [4.78, 5) is 39.3. The van der Waals surface area contributed by atoms with Crippen LogP contribution in [-0.2, 0) is 22.3 Å². The van der Waals surface area contributed by atoms with E-state index in [4.69, 9.17) is 9.47 Å². The molecule has 1 saturated carbocycles. The number of carbonyl (C=O) groups is 2. The fraction of sp³-hybridized carbons (Fsp3) is 0.433. The van der Waals surface area contributed by atoms with E-state index in [2.05, 4.69) is 27.2 Å². The van der Waals surface area contributed by atoms with E-state index in [1.807, 2.05) is 0 Å². The Bertz CT molecular complexity index is 1420. The molecule has 0 aliphatic heterocycles. The van der Waals surface area contributed by atoms with Crippen LogP contribution in [0.25, 0.3) is 0 Å². The molecule has 1 aliphatic carbocycles. The smallest absolute Gasteiger partial charge is 0.421 e. The maximum Gasteiger partial charge on any atom is 0.421 e. The number of nitrogens with one attached hydrogen (secondary N) is 1. The Labute approximate surface area is 247 Å². The molecule has 10 nitrogen and oxygen atoms in total. The van der Waals surface area contributed by atoms with Crippen LogP contribution in [0, 0.1) is 11.8 Å². The summed E-state index contributed by atoms with van der Waals surface area (Å²) in [5.74, 6) is -2.02. The lowest BCUT2D eigenvalue weighted by Gasteiger charge is -2.35. The summed E-state index contributed by atoms with van der Waals surface area (Å²) in [6.07, 6.45) is 2.55. The number of benzene rings is 1. The van der Waals surface area contributed by atoms with Crippen molar-refractivity contribution < 1.29 is 37.3 Å². The van der Waals surface area contributed by atoms with Gasteiger partial charge in [-0.2, -0.15) is 13.2 Å². The van der Waals surface area contributed by atoms with E-state index < -0.39 is 29.6 Å². The molecule has 1 fully saturated rings. The molecule has 230 valence electrons. The van der Waals surface area contributed by atoms with Gasteiger partial charge in [0.15, 0.2) is 0 Å². The number of halogens is 3. The number of rotatable bonds is 11. The maximum absolute atomic E-state index is 14.0. The molecular formula is C30H34F3N5O5. The number of anilines is 2. The third-order valence-corrected chi connectivity index (χ3v) is 7.35. The average Bonchev–Trinajstić information content (AvgIpc) is 2.97. The van der Waals surface area contributed by atoms with Crippen molar-refractivity contribution in [1.82, 2.24) is 15.0 Å². The number of nitrogens with zero attached hydrogens (tertiary/aromatic N) is 4. The van der Waals surface area contributed by atoms with Gasteiger partial charge in [0.25, 0.3) is 0 Å². The van der Waals surface area contributed by atoms with Crippen LogP contribution >= 0.6 is 0 Å². The number of carbonyl (C=O) groups excluding carboxylic acids is 1. The van der Waals surface area contributed by atoms with Crippen molar-refractivity contribution in [1.29, 1.82) is 0 Å². The van der Waals surface area contributed by atoms with Crippen LogP contribution in [0.2, 0.25) is 0 Å². The van der Waals surface area contributed by atoms with Crippen LogP contribution in [0.3, 0.4) is 0 Å². The van der Waals surface area contributed by atoms with E-state index in [0.29, 0.717) is 18.8 Å². The summed E-state index contributed by atoms with van der Waals surface area (Å²) in [6, 6.07) is 5.81. The van der Waals surface area contributed by atoms with Crippen molar-refractivity contribution in [2.24, 2.45) is 11.8 Å². The Morgan fingerprint density at radius 3 is 2.44 bits per heavy atom. The molecule has 0 unspecified atom stereocenters. The molecule has 2 N–H and O–H groups in total. The second kappa shape index (κ2) is 13.8. The van der Waals surface area contributed by atoms with Crippen molar-refractivity contribution >= 4 is 23.5 Å². The van der Waals surface area contributed by atoms with Gasteiger partial charge in [-0.15, -0.1) is 0 Å². The van der Waals surface area contributed by atoms with Crippen LogP contribution in [-0.4, -0.2) is 51.7 Å². The van der Waals surface area contributed by atoms with Gasteiger partial charge in [-0.1, -0.05) is 6.92 Å². The van der Waals surface area contributed by atoms with Gasteiger partial charge in [0.1, 0.15) is 11.3 Å². The highest BCUT2D eigenvalue weighted by Gasteiger charge is 2.37. The van der Waals surface area contributed by atoms with E-state index in [9.17, 15) is 27.9 Å². The topological polar surface area (TPSA) is 127 Å². The predicted octanol–water partition coefficient (Wildman–Crippen LogP) is 6.19. The second-order valence-corrected chi connectivity index (χ2v) is 10.7. The van der Waals surface area contributed by atoms with Crippen molar-refractivity contribution in [2.45, 2.75) is 58.3 Å². The van der Waals surface area contributed by atoms with Gasteiger partial charge in [0.05, 0.1) is 23.9 Å². The van der Waals surface area contributed by atoms with Gasteiger partial charge < -0.3 is 24.8 Å². The molecule has 1 atom stereocenters. The summed E-state index contributed by atoms with van der Waals surface area (Å²) in [7, 11) is 1.48. The molecule has 13 heteroatoms. The third kappa shape index (κ3) is 7.98. The Morgan fingerprint density at radius 2 is 1.81 bits per heavy atom. The number of alkyl halides is 3. The molecule has 2 aromatic heterocycles. The van der Waals surface area contributed by atoms with Gasteiger partial charge in [0.2, 0.25) is 17.7 Å². The van der Waals surface area contributed by atoms with Crippen LogP contribution in [0.1, 0.15) is 61.0 Å². The Morgan fingerprint density at radius 1 is 1.12 bits per heavy atom. The number of hydrogen-bond donors (Lipinski definition) is 2. The summed E-state index contributed by atoms with van der Waals surface area (Å²) in [5, 5.41) is 12.9. The first-order valence-electron chi connectivity index (χ1n) is 13.9. The molecule has 1 amide bonds. The van der Waals surface area contributed by atoms with Crippen LogP contribution in [0.4, 0.5) is 24.8 Å². The third-order valence-electron chi connectivity index (χ3n) is 7.35. The molecule has 1 aromatic carbocycles. The molecule has 1 aliphatic rings. The molecule has 3 aromatic rings. The molecule has 0 spiro atoms. The quantitative estimate of drug-likeness (QED) is 0.265. The fourth-order valence-electron chi connectivity index (χ4n) is 5.11. The molecule has 0 saturated heterocycles. The van der Waals surface area contributed by atoms with Gasteiger partial charge in [-0.3, -0.25) is 4.79 Å². The first kappa shape index (κ1) is 31.7. The lowest BCUT2D eigenvalue weighted by atomic mass is 9.82. The highest BCUT2D eigenvalue weighted by atomic mass is 19.4. The number of carboxylic acid groups (broad SMARTS) is 1. The molecule has 0 radical (unpaired) electrons. The van der Waals surface area contributed by atoms with Crippen molar-refractivity contribution in [2.75, 3.05) is 23.9 Å². The monoisotopic (exact) mass is 601 g/mol. The Kier molecular flexibility index (Phi) is 10.2. The number of ether oxygens (including phenoxy) is 2. The van der Waals surface area contributed by atoms with Gasteiger partial charge in [0, 0.05) is 38.2 Å². The number of hydrogen-bond acceptors (Lipinski definition) is 8. The number of pyridine rings is 1. The second-order valence-electron chi connectivity index (χ2n) is 10.7. The normalized spacial score (nSPS) is 17.6. The molecule has 43 heavy (non-hydrogen) atoms. The van der Waals surface area contributed by atoms with E-state index in [0.717, 1.165) is 25.0 Å². The van der Waals surface area contributed by atoms with E-state index in [-0.39, 0.29) is 53.5 Å². The highest BCUT2D eigenvalue weighted by molar-refractivity contribution is 6.03. The zero-order chi connectivity index (χ0) is 31.1. The average molecular weight is 602 g/mol. The number of aromatic nitrogens is 3. The van der Waals surface area contributed by atoms with Crippen LogP contribution in [0.5, 0.6) is 11.6 Å². The number of aromatic carboxylic acids is 1. The lowest BCUT2D eigenvalue weighted by Crippen LogP contribution is -2.46. The number of methoxy groups -OCH3 is 1. The van der Waals surface area contributed by atoms with E-state index in [1.54, 1.807) is 13.0 Å². The van der Waals surface area contributed by atoms with Gasteiger partial charge >= 0.3 is 12.1 Å². The largest absolute Gasteiger partial charge is 0.478 e. The molecule has 4 rings (SSSR count). The minimum absolute atomic E-state index is 0.0261. The summed E-state index contributed by atoms with van der Waals surface area (Å²) < 4.78 is 52.8. The van der Waals surface area contributed by atoms with E-state index in [1.165, 1.54) is 42.7 Å². The minimum atomic E-state index is -4.81. The molecule has 2 heterocycles. The Balaban J connectivity index is 1.63. The SMILES string of the molecule is COC[C@H](C)N(c1ccc(Oc2ncc(CNc3ncccn3)cc2C(F)(F)F)cc1C(=O)O)C(=O)[C@H]1CC[C@H](C)CC1. The van der Waals surface area contributed by atoms with Crippen molar-refractivity contribution in [3.63, 3.8) is 0 Å². The van der Waals surface area contributed by atoms with Gasteiger partial charge in [-0.05, 0) is 74.4 Å². The Hall–Kier alpha value is -4.26. The first-order chi connectivity index (χ1) is 20.5. The van der Waals surface area contributed by atoms with Crippen LogP contribution in [0.15, 0.2) is 48.9 Å². The lowest BCUT2D eigenvalue weighted by molar-refractivity contribution is -0.139. The van der Waals surface area contributed by atoms with Crippen molar-refractivity contribution in [3.05, 3.63) is 65.6 Å². The highest BCUT2D eigenvalue weighted by Crippen LogP contribution is 2.39. The zero-order valence-electron chi connectivity index (χ0n) is 24.1. The summed E-state index contributed by atoms with van der Waals surface area (Å²) in [6.45, 7) is 4.02. The zero-order valence-corrected chi connectivity index (χ0v) is 24.1. The van der Waals surface area contributed by atoms with Crippen molar-refractivity contribution in [3.8, 4) is 11.6 Å². The van der Waals surface area contributed by atoms with Gasteiger partial charge in [-0.25, -0.2) is 19.7 Å². The summed E-state index contributed by atoms with van der Waals surface area (Å²) in [5.41, 5.74) is -1.12. The fourth-order valence-corrected chi connectivity index (χ4v) is 5.11. The number of amides is 1. The van der Waals surface area contributed by atoms with Crippen LogP contribution < -0.4 is 15.0 Å². The maximum atomic E-state index is 14.0. The summed E-state index contributed by atoms with van der Waals surface area (Å²) >= 11 is 0. The first-order valence-corrected chi connectivity index (χ1v) is 13.9. The standard InChI is InChI=1S/C30H34F3N5O5/c1-18-5-7-21(8-6-18)27(39)38(19(2)17-42-3)25-10-9-22(14-23(25)28(40)41)43-26-24(30(31,32)33)13-20(15-36-26)16-37-29-34-11-4-12-35-29/h4,9-15,18-19,21H,5-8,16-17H2,1-3H3,(H,40,41)(H,34,35,37)/t18-,19-,21-/m0/s1. The number of carboxylic acids is 1. The predicted molar refractivity (Wildman–Crippen MR) is 152 cm³/mol. The molecule has 0 bridgehead atoms. The van der Waals surface area contributed by atoms with E-state index >= 15 is 0 Å². The minimum Gasteiger partial charge on any atom is -0.478 e. The molecular weight excluding hydrogens is 567 g/mol.